The van der Waals surface area contributed by atoms with E-state index in [9.17, 15) is 14.4 Å². The maximum absolute atomic E-state index is 12.4. The summed E-state index contributed by atoms with van der Waals surface area (Å²) in [6.07, 6.45) is 1.44. The molecule has 2 aromatic rings. The van der Waals surface area contributed by atoms with E-state index < -0.39 is 17.9 Å². The van der Waals surface area contributed by atoms with Gasteiger partial charge in [-0.2, -0.15) is 0 Å². The van der Waals surface area contributed by atoms with Crippen molar-refractivity contribution < 1.29 is 23.9 Å². The third-order valence-corrected chi connectivity index (χ3v) is 5.71. The van der Waals surface area contributed by atoms with Crippen LogP contribution in [0.15, 0.2) is 36.4 Å². The van der Waals surface area contributed by atoms with Crippen LogP contribution in [-0.2, 0) is 32.0 Å². The second kappa shape index (κ2) is 8.77. The van der Waals surface area contributed by atoms with Gasteiger partial charge in [0.1, 0.15) is 5.75 Å². The monoisotopic (exact) mass is 423 g/mol. The first-order valence-electron chi connectivity index (χ1n) is 10.2. The summed E-state index contributed by atoms with van der Waals surface area (Å²) in [7, 11) is 3.12. The van der Waals surface area contributed by atoms with Gasteiger partial charge in [0.25, 0.3) is 0 Å². The number of amides is 3. The first-order chi connectivity index (χ1) is 15.0. The zero-order valence-corrected chi connectivity index (χ0v) is 17.6. The lowest BCUT2D eigenvalue weighted by Gasteiger charge is -2.25. The van der Waals surface area contributed by atoms with E-state index in [0.29, 0.717) is 30.8 Å². The molecule has 3 amide bonds. The Labute approximate surface area is 180 Å². The van der Waals surface area contributed by atoms with Gasteiger partial charge in [-0.25, -0.2) is 0 Å². The Balaban J connectivity index is 1.39. The molecule has 2 aliphatic rings. The molecular formula is C23H25N3O5. The molecule has 8 nitrogen and oxygen atoms in total. The van der Waals surface area contributed by atoms with E-state index in [1.54, 1.807) is 14.2 Å². The molecule has 2 aromatic carbocycles. The number of hydrogen-bond acceptors (Lipinski definition) is 5. The van der Waals surface area contributed by atoms with Crippen molar-refractivity contribution >= 4 is 29.1 Å². The molecule has 0 radical (unpaired) electrons. The van der Waals surface area contributed by atoms with Gasteiger partial charge in [-0.15, -0.1) is 0 Å². The average molecular weight is 423 g/mol. The second-order valence-corrected chi connectivity index (χ2v) is 7.60. The number of rotatable bonds is 6. The summed E-state index contributed by atoms with van der Waals surface area (Å²) in [5.74, 6) is -0.652. The van der Waals surface area contributed by atoms with E-state index in [0.717, 1.165) is 28.8 Å². The number of methoxy groups -OCH3 is 2. The largest absolute Gasteiger partial charge is 0.497 e. The molecule has 0 saturated carbocycles. The smallest absolute Gasteiger partial charge is 0.313 e. The number of nitrogens with one attached hydrogen (secondary N) is 2. The molecule has 2 heterocycles. The number of hydrogen-bond donors (Lipinski definition) is 2. The highest BCUT2D eigenvalue weighted by atomic mass is 16.5. The summed E-state index contributed by atoms with van der Waals surface area (Å²) in [5.41, 5.74) is 4.43. The van der Waals surface area contributed by atoms with Crippen LogP contribution in [0.3, 0.4) is 0 Å². The van der Waals surface area contributed by atoms with Crippen molar-refractivity contribution in [2.75, 3.05) is 37.5 Å². The first-order valence-corrected chi connectivity index (χ1v) is 10.2. The van der Waals surface area contributed by atoms with Crippen molar-refractivity contribution in [2.45, 2.75) is 25.4 Å². The van der Waals surface area contributed by atoms with Crippen molar-refractivity contribution in [1.29, 1.82) is 0 Å². The van der Waals surface area contributed by atoms with E-state index in [2.05, 4.69) is 10.6 Å². The van der Waals surface area contributed by atoms with Gasteiger partial charge in [0.15, 0.2) is 0 Å². The Hall–Kier alpha value is -3.39. The normalized spacial score (nSPS) is 15.3. The lowest BCUT2D eigenvalue weighted by molar-refractivity contribution is -0.136. The molecule has 1 atom stereocenters. The summed E-state index contributed by atoms with van der Waals surface area (Å²) in [5, 5.41) is 5.31. The fourth-order valence-electron chi connectivity index (χ4n) is 4.16. The highest BCUT2D eigenvalue weighted by Gasteiger charge is 2.31. The van der Waals surface area contributed by atoms with Gasteiger partial charge in [0.2, 0.25) is 5.91 Å². The molecule has 1 unspecified atom stereocenters. The fourth-order valence-corrected chi connectivity index (χ4v) is 4.16. The van der Waals surface area contributed by atoms with Crippen LogP contribution in [0, 0.1) is 0 Å². The number of ether oxygens (including phenoxy) is 2. The van der Waals surface area contributed by atoms with E-state index in [4.69, 9.17) is 9.47 Å². The molecule has 4 rings (SSSR count). The maximum Gasteiger partial charge on any atom is 0.313 e. The SMILES string of the molecule is COc1cccc(C(CNC(=O)C(=O)Nc2cc3c4c(c2)CCN4C(=O)CC3)OC)c1. The van der Waals surface area contributed by atoms with Gasteiger partial charge < -0.3 is 25.0 Å². The third kappa shape index (κ3) is 4.25. The third-order valence-electron chi connectivity index (χ3n) is 5.71. The molecule has 0 bridgehead atoms. The fraction of sp³-hybridized carbons (Fsp3) is 0.348. The van der Waals surface area contributed by atoms with E-state index in [1.807, 2.05) is 41.3 Å². The molecule has 162 valence electrons. The molecule has 0 aliphatic carbocycles. The maximum atomic E-state index is 12.4. The summed E-state index contributed by atoms with van der Waals surface area (Å²) < 4.78 is 10.7. The van der Waals surface area contributed by atoms with Crippen LogP contribution >= 0.6 is 0 Å². The number of benzene rings is 2. The zero-order chi connectivity index (χ0) is 22.0. The Morgan fingerprint density at radius 2 is 1.84 bits per heavy atom. The molecule has 8 heteroatoms. The number of carbonyl (C=O) groups excluding carboxylic acids is 3. The lowest BCUT2D eigenvalue weighted by Crippen LogP contribution is -2.38. The predicted molar refractivity (Wildman–Crippen MR) is 115 cm³/mol. The number of aryl methyl sites for hydroxylation is 1. The minimum atomic E-state index is -0.741. The number of nitrogens with zero attached hydrogens (tertiary/aromatic N) is 1. The molecular weight excluding hydrogens is 398 g/mol. The molecule has 31 heavy (non-hydrogen) atoms. The van der Waals surface area contributed by atoms with Crippen molar-refractivity contribution in [3.63, 3.8) is 0 Å². The van der Waals surface area contributed by atoms with E-state index in [1.165, 1.54) is 0 Å². The average Bonchev–Trinajstić information content (AvgIpc) is 3.22. The summed E-state index contributed by atoms with van der Waals surface area (Å²) in [4.78, 5) is 38.7. The van der Waals surface area contributed by atoms with Gasteiger partial charge in [-0.1, -0.05) is 12.1 Å². The predicted octanol–water partition coefficient (Wildman–Crippen LogP) is 1.97. The Kier molecular flexibility index (Phi) is 5.90. The summed E-state index contributed by atoms with van der Waals surface area (Å²) in [6, 6.07) is 11.0. The minimum absolute atomic E-state index is 0.141. The van der Waals surface area contributed by atoms with Gasteiger partial charge >= 0.3 is 11.8 Å². The Bertz CT molecular complexity index is 1040. The van der Waals surface area contributed by atoms with Crippen molar-refractivity contribution in [3.8, 4) is 5.75 Å². The zero-order valence-electron chi connectivity index (χ0n) is 17.6. The molecule has 0 aromatic heterocycles. The molecule has 2 aliphatic heterocycles. The van der Waals surface area contributed by atoms with Crippen LogP contribution in [0.1, 0.15) is 29.2 Å². The Morgan fingerprint density at radius 1 is 1.06 bits per heavy atom. The first kappa shape index (κ1) is 20.9. The summed E-state index contributed by atoms with van der Waals surface area (Å²) >= 11 is 0. The van der Waals surface area contributed by atoms with Crippen molar-refractivity contribution in [1.82, 2.24) is 5.32 Å². The van der Waals surface area contributed by atoms with Crippen LogP contribution in [0.4, 0.5) is 11.4 Å². The van der Waals surface area contributed by atoms with Crippen molar-refractivity contribution in [3.05, 3.63) is 53.1 Å². The minimum Gasteiger partial charge on any atom is -0.497 e. The van der Waals surface area contributed by atoms with E-state index >= 15 is 0 Å². The number of anilines is 2. The highest BCUT2D eigenvalue weighted by molar-refractivity contribution is 6.39. The van der Waals surface area contributed by atoms with E-state index in [-0.39, 0.29) is 12.5 Å². The van der Waals surface area contributed by atoms with Crippen LogP contribution in [-0.4, -0.2) is 45.0 Å². The summed E-state index contributed by atoms with van der Waals surface area (Å²) in [6.45, 7) is 0.810. The standard InChI is InChI=1S/C23H25N3O5/c1-30-18-5-3-4-14(12-18)19(31-2)13-24-22(28)23(29)25-17-10-15-6-7-20(27)26-9-8-16(11-17)21(15)26/h3-5,10-12,19H,6-9,13H2,1-2H3,(H,24,28)(H,25,29). The lowest BCUT2D eigenvalue weighted by atomic mass is 9.98. The number of carbonyl (C=O) groups is 3. The van der Waals surface area contributed by atoms with Gasteiger partial charge in [-0.05, 0) is 53.8 Å². The molecule has 0 fully saturated rings. The topological polar surface area (TPSA) is 97.0 Å². The molecule has 0 saturated heterocycles. The van der Waals surface area contributed by atoms with Gasteiger partial charge in [0, 0.05) is 32.3 Å². The molecule has 0 spiro atoms. The second-order valence-electron chi connectivity index (χ2n) is 7.60. The molecule has 2 N–H and O–H groups in total. The quantitative estimate of drug-likeness (QED) is 0.693. The van der Waals surface area contributed by atoms with Crippen molar-refractivity contribution in [2.24, 2.45) is 0 Å². The van der Waals surface area contributed by atoms with Crippen LogP contribution < -0.4 is 20.3 Å². The van der Waals surface area contributed by atoms with Crippen LogP contribution in [0.2, 0.25) is 0 Å². The highest BCUT2D eigenvalue weighted by Crippen LogP contribution is 2.38. The van der Waals surface area contributed by atoms with Crippen LogP contribution in [0.5, 0.6) is 5.75 Å². The van der Waals surface area contributed by atoms with Crippen LogP contribution in [0.25, 0.3) is 0 Å². The van der Waals surface area contributed by atoms with Gasteiger partial charge in [-0.3, -0.25) is 14.4 Å². The van der Waals surface area contributed by atoms with Gasteiger partial charge in [0.05, 0.1) is 18.9 Å². The Morgan fingerprint density at radius 3 is 2.58 bits per heavy atom.